The molecule has 0 aromatic rings. The molecule has 7 heteroatoms. The molecule has 31 heavy (non-hydrogen) atoms. The number of nitrogens with zero attached hydrogens (tertiary/aromatic N) is 1. The summed E-state index contributed by atoms with van der Waals surface area (Å²) in [5.41, 5.74) is 7.81. The maximum atomic E-state index is 12.6. The summed E-state index contributed by atoms with van der Waals surface area (Å²) in [5.74, 6) is 1.60. The van der Waals surface area contributed by atoms with E-state index in [4.69, 9.17) is 20.3 Å². The quantitative estimate of drug-likeness (QED) is 0.271. The van der Waals surface area contributed by atoms with E-state index in [1.54, 1.807) is 13.2 Å². The number of nitrogens with one attached hydrogen (secondary N) is 1. The van der Waals surface area contributed by atoms with Crippen LogP contribution in [0.3, 0.4) is 0 Å². The molecule has 0 spiro atoms. The van der Waals surface area contributed by atoms with Crippen molar-refractivity contribution < 1.29 is 19.4 Å². The maximum Gasteiger partial charge on any atom is 0.239 e. The van der Waals surface area contributed by atoms with Crippen molar-refractivity contribution in [2.24, 2.45) is 11.7 Å². The third-order valence-electron chi connectivity index (χ3n) is 5.01. The van der Waals surface area contributed by atoms with Crippen molar-refractivity contribution in [3.63, 3.8) is 0 Å². The lowest BCUT2D eigenvalue weighted by Gasteiger charge is -2.24. The summed E-state index contributed by atoms with van der Waals surface area (Å²) in [7, 11) is 1.63. The Kier molecular flexibility index (Phi) is 13.1. The highest BCUT2D eigenvalue weighted by molar-refractivity contribution is 5.78. The lowest BCUT2D eigenvalue weighted by Crippen LogP contribution is -2.39. The first-order chi connectivity index (χ1) is 15.0. The van der Waals surface area contributed by atoms with Crippen LogP contribution >= 0.6 is 0 Å². The fourth-order valence-corrected chi connectivity index (χ4v) is 3.34. The van der Waals surface area contributed by atoms with Gasteiger partial charge in [-0.15, -0.1) is 0 Å². The van der Waals surface area contributed by atoms with Crippen LogP contribution in [0.15, 0.2) is 59.7 Å². The Labute approximate surface area is 187 Å². The minimum Gasteiger partial charge on any atom is -0.501 e. The fraction of sp³-hybridized carbons (Fsp3) is 0.542. The number of rotatable bonds is 15. The van der Waals surface area contributed by atoms with Crippen LogP contribution in [-0.2, 0) is 14.3 Å². The molecule has 4 N–H and O–H groups in total. The minimum atomic E-state index is -0.0746. The molecule has 0 fully saturated rings. The number of carbonyl (C=O) groups is 1. The van der Waals surface area contributed by atoms with Gasteiger partial charge in [0.2, 0.25) is 5.91 Å². The number of aliphatic hydroxyl groups is 1. The van der Waals surface area contributed by atoms with E-state index in [2.05, 4.69) is 18.0 Å². The van der Waals surface area contributed by atoms with Gasteiger partial charge in [0.25, 0.3) is 0 Å². The van der Waals surface area contributed by atoms with Crippen LogP contribution in [-0.4, -0.2) is 62.4 Å². The van der Waals surface area contributed by atoms with Gasteiger partial charge in [-0.2, -0.15) is 0 Å². The molecule has 0 aliphatic heterocycles. The third-order valence-corrected chi connectivity index (χ3v) is 5.01. The molecule has 174 valence electrons. The number of carbonyl (C=O) groups excluding carboxylic acids is 1. The van der Waals surface area contributed by atoms with Crippen LogP contribution in [0, 0.1) is 5.92 Å². The molecule has 0 aromatic heterocycles. The summed E-state index contributed by atoms with van der Waals surface area (Å²) in [6, 6.07) is 0. The summed E-state index contributed by atoms with van der Waals surface area (Å²) >= 11 is 0. The Morgan fingerprint density at radius 2 is 2.23 bits per heavy atom. The minimum absolute atomic E-state index is 0.0746. The number of allylic oxidation sites excluding steroid dienone is 5. The van der Waals surface area contributed by atoms with Crippen molar-refractivity contribution in [2.45, 2.75) is 33.1 Å². The molecular weight excluding hydrogens is 394 g/mol. The van der Waals surface area contributed by atoms with Gasteiger partial charge in [0.15, 0.2) is 0 Å². The molecule has 1 rings (SSSR count). The molecule has 7 nitrogen and oxygen atoms in total. The van der Waals surface area contributed by atoms with Gasteiger partial charge in [-0.05, 0) is 55.6 Å². The Morgan fingerprint density at radius 1 is 1.45 bits per heavy atom. The fourth-order valence-electron chi connectivity index (χ4n) is 3.34. The van der Waals surface area contributed by atoms with Gasteiger partial charge in [-0.3, -0.25) is 4.79 Å². The largest absolute Gasteiger partial charge is 0.501 e. The van der Waals surface area contributed by atoms with Crippen molar-refractivity contribution in [1.82, 2.24) is 10.2 Å². The van der Waals surface area contributed by atoms with Gasteiger partial charge >= 0.3 is 0 Å². The lowest BCUT2D eigenvalue weighted by atomic mass is 9.93. The molecule has 1 aliphatic carbocycles. The number of methoxy groups -OCH3 is 1. The van der Waals surface area contributed by atoms with Gasteiger partial charge in [-0.25, -0.2) is 0 Å². The number of ether oxygens (including phenoxy) is 2. The molecule has 0 aromatic carbocycles. The van der Waals surface area contributed by atoms with Crippen LogP contribution in [0.5, 0.6) is 0 Å². The van der Waals surface area contributed by atoms with Crippen molar-refractivity contribution in [1.29, 1.82) is 0 Å². The molecule has 0 saturated carbocycles. The normalized spacial score (nSPS) is 16.9. The smallest absolute Gasteiger partial charge is 0.239 e. The second-order valence-electron chi connectivity index (χ2n) is 7.20. The first-order valence-corrected chi connectivity index (χ1v) is 11.0. The molecule has 0 bridgehead atoms. The molecule has 0 unspecified atom stereocenters. The van der Waals surface area contributed by atoms with Crippen molar-refractivity contribution in [3.8, 4) is 0 Å². The second kappa shape index (κ2) is 15.3. The Balaban J connectivity index is 2.70. The summed E-state index contributed by atoms with van der Waals surface area (Å²) in [4.78, 5) is 14.4. The molecule has 1 aliphatic rings. The molecule has 1 amide bonds. The summed E-state index contributed by atoms with van der Waals surface area (Å²) in [5, 5.41) is 12.1. The predicted octanol–water partition coefficient (Wildman–Crippen LogP) is 2.62. The van der Waals surface area contributed by atoms with E-state index in [1.807, 2.05) is 37.1 Å². The van der Waals surface area contributed by atoms with Crippen molar-refractivity contribution >= 4 is 5.91 Å². The molecular formula is C24H39N3O4. The molecule has 0 radical (unpaired) electrons. The van der Waals surface area contributed by atoms with Crippen LogP contribution in [0.1, 0.15) is 33.1 Å². The predicted molar refractivity (Wildman–Crippen MR) is 125 cm³/mol. The van der Waals surface area contributed by atoms with E-state index in [0.29, 0.717) is 32.7 Å². The van der Waals surface area contributed by atoms with Gasteiger partial charge in [-0.1, -0.05) is 19.6 Å². The second-order valence-corrected chi connectivity index (χ2v) is 7.20. The van der Waals surface area contributed by atoms with E-state index < -0.39 is 0 Å². The number of hydrogen-bond acceptors (Lipinski definition) is 6. The molecule has 1 atom stereocenters. The highest BCUT2D eigenvalue weighted by Gasteiger charge is 2.20. The van der Waals surface area contributed by atoms with Gasteiger partial charge < -0.3 is 30.5 Å². The van der Waals surface area contributed by atoms with Crippen molar-refractivity contribution in [2.75, 3.05) is 46.5 Å². The number of aliphatic hydroxyl groups excluding tert-OH is 1. The Morgan fingerprint density at radius 3 is 2.81 bits per heavy atom. The van der Waals surface area contributed by atoms with Crippen molar-refractivity contribution in [3.05, 3.63) is 59.7 Å². The van der Waals surface area contributed by atoms with Crippen LogP contribution in [0.2, 0.25) is 0 Å². The average molecular weight is 434 g/mol. The standard InChI is InChI=1S/C24H39N3O4/c1-5-20(22(6-2)31-7-3)10-13-27(14-12-25)18-24(29)26-17-21-9-8-19(11-15-28)16-23(21)30-4/h6,8,10,13,16,21,28H,2,5,7,9,11-12,14-15,17-18,25H2,1,3-4H3,(H,26,29)/b13-10+,22-20+/t21-/m1/s1. The monoisotopic (exact) mass is 433 g/mol. The van der Waals surface area contributed by atoms with Gasteiger partial charge in [0, 0.05) is 38.4 Å². The van der Waals surface area contributed by atoms with Gasteiger partial charge in [0.1, 0.15) is 11.5 Å². The zero-order valence-electron chi connectivity index (χ0n) is 19.2. The summed E-state index contributed by atoms with van der Waals surface area (Å²) in [6.45, 7) is 10.2. The number of hydrogen-bond donors (Lipinski definition) is 3. The van der Waals surface area contributed by atoms with E-state index in [0.717, 1.165) is 35.5 Å². The average Bonchev–Trinajstić information content (AvgIpc) is 2.77. The van der Waals surface area contributed by atoms with E-state index in [-0.39, 0.29) is 25.0 Å². The van der Waals surface area contributed by atoms with Gasteiger partial charge in [0.05, 0.1) is 20.3 Å². The first kappa shape index (κ1) is 26.5. The number of amides is 1. The summed E-state index contributed by atoms with van der Waals surface area (Å²) < 4.78 is 11.1. The zero-order chi connectivity index (χ0) is 23.1. The highest BCUT2D eigenvalue weighted by atomic mass is 16.5. The topological polar surface area (TPSA) is 97.1 Å². The molecule has 0 heterocycles. The maximum absolute atomic E-state index is 12.6. The van der Waals surface area contributed by atoms with E-state index in [1.165, 1.54) is 0 Å². The van der Waals surface area contributed by atoms with Crippen LogP contribution in [0.4, 0.5) is 0 Å². The summed E-state index contributed by atoms with van der Waals surface area (Å²) in [6.07, 6.45) is 11.8. The Hall–Kier alpha value is -2.51. The van der Waals surface area contributed by atoms with Crippen LogP contribution < -0.4 is 11.1 Å². The zero-order valence-corrected chi connectivity index (χ0v) is 19.2. The highest BCUT2D eigenvalue weighted by Crippen LogP contribution is 2.25. The van der Waals surface area contributed by atoms with E-state index in [9.17, 15) is 4.79 Å². The molecule has 0 saturated heterocycles. The number of nitrogens with two attached hydrogens (primary N) is 1. The lowest BCUT2D eigenvalue weighted by molar-refractivity contribution is -0.121. The van der Waals surface area contributed by atoms with Crippen LogP contribution in [0.25, 0.3) is 0 Å². The SMILES string of the molecule is C=C/C(OCC)=C(\C=C\N(CCN)CC(=O)NC[C@H]1CC=C(CCO)C=C1OC)CC. The first-order valence-electron chi connectivity index (χ1n) is 11.0. The Bertz CT molecular complexity index is 695. The third kappa shape index (κ3) is 9.44. The van der Waals surface area contributed by atoms with E-state index >= 15 is 0 Å².